The molecule has 1 amide bonds. The van der Waals surface area contributed by atoms with E-state index >= 15 is 0 Å². The number of benzene rings is 1. The van der Waals surface area contributed by atoms with Crippen LogP contribution in [0.25, 0.3) is 5.65 Å². The van der Waals surface area contributed by atoms with Gasteiger partial charge in [-0.1, -0.05) is 12.1 Å². The summed E-state index contributed by atoms with van der Waals surface area (Å²) in [6, 6.07) is 11.9. The average Bonchev–Trinajstić information content (AvgIpc) is 3.34. The number of pyridine rings is 1. The third-order valence-corrected chi connectivity index (χ3v) is 5.07. The van der Waals surface area contributed by atoms with E-state index in [0.29, 0.717) is 12.1 Å². The molecule has 1 aliphatic carbocycles. The Bertz CT molecular complexity index is 946. The fraction of sp³-hybridized carbons (Fsp3) is 0.316. The smallest absolute Gasteiger partial charge is 0.259 e. The van der Waals surface area contributed by atoms with Crippen molar-refractivity contribution in [3.8, 4) is 0 Å². The van der Waals surface area contributed by atoms with Crippen LogP contribution < -0.4 is 9.80 Å². The lowest BCUT2D eigenvalue weighted by molar-refractivity contribution is 0.0986. The number of carbonyl (C=O) groups excluding carboxylic acids is 1. The van der Waals surface area contributed by atoms with Gasteiger partial charge in [0.15, 0.2) is 5.65 Å². The lowest BCUT2D eigenvalue weighted by Crippen LogP contribution is -2.44. The highest BCUT2D eigenvalue weighted by molar-refractivity contribution is 6.08. The Labute approximate surface area is 145 Å². The number of hydrogen-bond acceptors (Lipinski definition) is 4. The molecule has 1 aromatic carbocycles. The van der Waals surface area contributed by atoms with E-state index in [0.717, 1.165) is 30.3 Å². The van der Waals surface area contributed by atoms with Crippen molar-refractivity contribution in [1.82, 2.24) is 14.6 Å². The molecule has 2 aromatic heterocycles. The Kier molecular flexibility index (Phi) is 3.23. The van der Waals surface area contributed by atoms with Crippen LogP contribution in [0.15, 0.2) is 48.9 Å². The fourth-order valence-corrected chi connectivity index (χ4v) is 3.54. The first kappa shape index (κ1) is 14.5. The molecular weight excluding hydrogens is 314 g/mol. The van der Waals surface area contributed by atoms with Gasteiger partial charge >= 0.3 is 0 Å². The molecule has 5 rings (SSSR count). The molecule has 0 N–H and O–H groups in total. The van der Waals surface area contributed by atoms with Gasteiger partial charge < -0.3 is 9.80 Å². The lowest BCUT2D eigenvalue weighted by atomic mass is 10.1. The molecule has 126 valence electrons. The van der Waals surface area contributed by atoms with E-state index in [4.69, 9.17) is 0 Å². The molecule has 0 unspecified atom stereocenters. The van der Waals surface area contributed by atoms with Crippen molar-refractivity contribution >= 4 is 22.9 Å². The predicted octanol–water partition coefficient (Wildman–Crippen LogP) is 2.61. The maximum absolute atomic E-state index is 13.1. The van der Waals surface area contributed by atoms with E-state index in [9.17, 15) is 4.79 Å². The second-order valence-electron chi connectivity index (χ2n) is 6.85. The van der Waals surface area contributed by atoms with Crippen LogP contribution >= 0.6 is 0 Å². The summed E-state index contributed by atoms with van der Waals surface area (Å²) in [6.45, 7) is 2.70. The Morgan fingerprint density at radius 3 is 2.76 bits per heavy atom. The molecule has 1 fully saturated rings. The minimum atomic E-state index is 0.0223. The van der Waals surface area contributed by atoms with Crippen molar-refractivity contribution < 1.29 is 4.79 Å². The molecule has 3 heterocycles. The summed E-state index contributed by atoms with van der Waals surface area (Å²) < 4.78 is 1.78. The topological polar surface area (TPSA) is 53.7 Å². The molecule has 0 spiro atoms. The number of amides is 1. The van der Waals surface area contributed by atoms with E-state index in [1.54, 1.807) is 16.9 Å². The number of nitrogens with zero attached hydrogens (tertiary/aromatic N) is 5. The van der Waals surface area contributed by atoms with Crippen molar-refractivity contribution in [1.29, 1.82) is 0 Å². The first-order valence-corrected chi connectivity index (χ1v) is 8.75. The number of carbonyl (C=O) groups is 1. The maximum atomic E-state index is 13.1. The monoisotopic (exact) mass is 333 g/mol. The van der Waals surface area contributed by atoms with Gasteiger partial charge in [-0.15, -0.1) is 10.2 Å². The number of anilines is 2. The van der Waals surface area contributed by atoms with Gasteiger partial charge in [-0.2, -0.15) is 0 Å². The van der Waals surface area contributed by atoms with Crippen molar-refractivity contribution in [3.05, 3.63) is 54.5 Å². The quantitative estimate of drug-likeness (QED) is 0.739. The number of aromatic nitrogens is 3. The largest absolute Gasteiger partial charge is 0.368 e. The predicted molar refractivity (Wildman–Crippen MR) is 96.0 cm³/mol. The minimum absolute atomic E-state index is 0.0223. The summed E-state index contributed by atoms with van der Waals surface area (Å²) >= 11 is 0. The van der Waals surface area contributed by atoms with Gasteiger partial charge in [0.2, 0.25) is 0 Å². The van der Waals surface area contributed by atoms with E-state index in [1.165, 1.54) is 18.5 Å². The third kappa shape index (κ3) is 2.54. The molecular formula is C19H19N5O. The molecule has 1 aliphatic heterocycles. The Morgan fingerprint density at radius 2 is 1.92 bits per heavy atom. The van der Waals surface area contributed by atoms with Crippen LogP contribution in [0.4, 0.5) is 11.4 Å². The standard InChI is InChI=1S/C19H19N5O/c25-19(15-7-8-18-21-20-13-23(18)12-15)24-10-9-22(11-14-5-6-14)16-3-1-2-4-17(16)24/h1-4,7-8,12-14H,5-6,9-11H2. The van der Waals surface area contributed by atoms with Gasteiger partial charge in [-0.3, -0.25) is 9.20 Å². The second kappa shape index (κ2) is 5.58. The normalized spacial score (nSPS) is 17.0. The molecule has 25 heavy (non-hydrogen) atoms. The SMILES string of the molecule is O=C(c1ccc2nncn2c1)N1CCN(CC2CC2)c2ccccc21. The molecule has 2 aliphatic rings. The van der Waals surface area contributed by atoms with E-state index in [1.807, 2.05) is 29.2 Å². The molecule has 6 nitrogen and oxygen atoms in total. The average molecular weight is 333 g/mol. The van der Waals surface area contributed by atoms with E-state index < -0.39 is 0 Å². The van der Waals surface area contributed by atoms with Crippen LogP contribution in [0.1, 0.15) is 23.2 Å². The van der Waals surface area contributed by atoms with Crippen LogP contribution in [-0.2, 0) is 0 Å². The van der Waals surface area contributed by atoms with Crippen molar-refractivity contribution in [2.24, 2.45) is 5.92 Å². The van der Waals surface area contributed by atoms with Crippen LogP contribution in [-0.4, -0.2) is 40.1 Å². The van der Waals surface area contributed by atoms with E-state index in [-0.39, 0.29) is 5.91 Å². The zero-order valence-corrected chi connectivity index (χ0v) is 13.9. The van der Waals surface area contributed by atoms with Crippen molar-refractivity contribution in [2.45, 2.75) is 12.8 Å². The summed E-state index contributed by atoms with van der Waals surface area (Å²) in [7, 11) is 0. The summed E-state index contributed by atoms with van der Waals surface area (Å²) in [5.41, 5.74) is 3.56. The van der Waals surface area contributed by atoms with Gasteiger partial charge in [0.1, 0.15) is 6.33 Å². The van der Waals surface area contributed by atoms with Gasteiger partial charge in [-0.05, 0) is 43.0 Å². The van der Waals surface area contributed by atoms with Gasteiger partial charge in [0.05, 0.1) is 16.9 Å². The Balaban J connectivity index is 1.49. The summed E-state index contributed by atoms with van der Waals surface area (Å²) in [6.07, 6.45) is 6.09. The van der Waals surface area contributed by atoms with Crippen molar-refractivity contribution in [3.63, 3.8) is 0 Å². The highest BCUT2D eigenvalue weighted by Crippen LogP contribution is 2.37. The molecule has 6 heteroatoms. The van der Waals surface area contributed by atoms with Crippen LogP contribution in [0.2, 0.25) is 0 Å². The highest BCUT2D eigenvalue weighted by Gasteiger charge is 2.31. The highest BCUT2D eigenvalue weighted by atomic mass is 16.2. The fourth-order valence-electron chi connectivity index (χ4n) is 3.54. The molecule has 0 atom stereocenters. The second-order valence-corrected chi connectivity index (χ2v) is 6.85. The zero-order chi connectivity index (χ0) is 16.8. The van der Waals surface area contributed by atoms with Crippen LogP contribution in [0, 0.1) is 5.92 Å². The zero-order valence-electron chi connectivity index (χ0n) is 13.9. The molecule has 1 saturated carbocycles. The van der Waals surface area contributed by atoms with Crippen LogP contribution in [0.5, 0.6) is 0 Å². The minimum Gasteiger partial charge on any atom is -0.368 e. The summed E-state index contributed by atoms with van der Waals surface area (Å²) in [5, 5.41) is 7.87. The molecule has 3 aromatic rings. The first-order valence-electron chi connectivity index (χ1n) is 8.75. The van der Waals surface area contributed by atoms with Crippen LogP contribution in [0.3, 0.4) is 0 Å². The number of hydrogen-bond donors (Lipinski definition) is 0. The van der Waals surface area contributed by atoms with E-state index in [2.05, 4.69) is 27.2 Å². The van der Waals surface area contributed by atoms with Gasteiger partial charge in [0, 0.05) is 25.8 Å². The first-order chi connectivity index (χ1) is 12.3. The number of para-hydroxylation sites is 2. The third-order valence-electron chi connectivity index (χ3n) is 5.07. The van der Waals surface area contributed by atoms with Crippen molar-refractivity contribution in [2.75, 3.05) is 29.4 Å². The maximum Gasteiger partial charge on any atom is 0.259 e. The number of fused-ring (bicyclic) bond motifs is 2. The van der Waals surface area contributed by atoms with Gasteiger partial charge in [0.25, 0.3) is 5.91 Å². The number of rotatable bonds is 3. The lowest BCUT2D eigenvalue weighted by Gasteiger charge is -2.38. The molecule has 0 saturated heterocycles. The Morgan fingerprint density at radius 1 is 1.08 bits per heavy atom. The molecule has 0 radical (unpaired) electrons. The summed E-state index contributed by atoms with van der Waals surface area (Å²) in [4.78, 5) is 17.4. The Hall–Kier alpha value is -2.89. The molecule has 0 bridgehead atoms. The summed E-state index contributed by atoms with van der Waals surface area (Å²) in [5.74, 6) is 0.848. The van der Waals surface area contributed by atoms with Gasteiger partial charge in [-0.25, -0.2) is 0 Å².